The lowest BCUT2D eigenvalue weighted by Gasteiger charge is -2.22. The summed E-state index contributed by atoms with van der Waals surface area (Å²) in [6.45, 7) is 6.07. The molecule has 0 saturated carbocycles. The van der Waals surface area contributed by atoms with Gasteiger partial charge in [0.25, 0.3) is 0 Å². The summed E-state index contributed by atoms with van der Waals surface area (Å²) in [6, 6.07) is 2.44. The summed E-state index contributed by atoms with van der Waals surface area (Å²) in [4.78, 5) is 0. The van der Waals surface area contributed by atoms with Gasteiger partial charge in [0.15, 0.2) is 0 Å². The third-order valence-corrected chi connectivity index (χ3v) is 3.53. The Morgan fingerprint density at radius 1 is 1.15 bits per heavy atom. The van der Waals surface area contributed by atoms with Crippen molar-refractivity contribution in [2.75, 3.05) is 5.32 Å². The van der Waals surface area contributed by atoms with Crippen molar-refractivity contribution in [3.8, 4) is 0 Å². The standard InChI is InChI=1S/C15H21F4N/c1-4-10(3)8-12(5-2)20-14-9-11(15(17,18)19)6-7-13(14)16/h6-7,9-10,12,20H,4-5,8H2,1-3H3. The molecule has 0 fully saturated rings. The Labute approximate surface area is 117 Å². The van der Waals surface area contributed by atoms with E-state index in [0.29, 0.717) is 5.92 Å². The lowest BCUT2D eigenvalue weighted by molar-refractivity contribution is -0.137. The monoisotopic (exact) mass is 291 g/mol. The zero-order valence-corrected chi connectivity index (χ0v) is 12.0. The van der Waals surface area contributed by atoms with Gasteiger partial charge in [0.1, 0.15) is 5.82 Å². The van der Waals surface area contributed by atoms with E-state index >= 15 is 0 Å². The molecule has 114 valence electrons. The molecular formula is C15H21F4N. The van der Waals surface area contributed by atoms with E-state index in [4.69, 9.17) is 0 Å². The molecule has 0 aliphatic rings. The molecule has 0 spiro atoms. The number of alkyl halides is 3. The van der Waals surface area contributed by atoms with Gasteiger partial charge in [-0.15, -0.1) is 0 Å². The van der Waals surface area contributed by atoms with Gasteiger partial charge in [0.05, 0.1) is 11.3 Å². The first-order chi connectivity index (χ1) is 9.27. The van der Waals surface area contributed by atoms with Gasteiger partial charge in [-0.1, -0.05) is 27.2 Å². The quantitative estimate of drug-likeness (QED) is 0.685. The summed E-state index contributed by atoms with van der Waals surface area (Å²) in [6.07, 6.45) is -1.92. The minimum absolute atomic E-state index is 0.0251. The van der Waals surface area contributed by atoms with Crippen LogP contribution in [0.1, 0.15) is 45.6 Å². The first-order valence-electron chi connectivity index (χ1n) is 6.91. The van der Waals surface area contributed by atoms with Crippen LogP contribution in [0, 0.1) is 11.7 Å². The van der Waals surface area contributed by atoms with Crippen LogP contribution in [0.2, 0.25) is 0 Å². The molecular weight excluding hydrogens is 270 g/mol. The van der Waals surface area contributed by atoms with E-state index < -0.39 is 17.6 Å². The molecule has 2 unspecified atom stereocenters. The lowest BCUT2D eigenvalue weighted by atomic mass is 9.97. The zero-order valence-electron chi connectivity index (χ0n) is 12.0. The minimum atomic E-state index is -4.46. The van der Waals surface area contributed by atoms with Gasteiger partial charge in [0.2, 0.25) is 0 Å². The van der Waals surface area contributed by atoms with Crippen LogP contribution in [0.4, 0.5) is 23.2 Å². The van der Waals surface area contributed by atoms with Crippen molar-refractivity contribution in [3.05, 3.63) is 29.6 Å². The number of anilines is 1. The number of benzene rings is 1. The summed E-state index contributed by atoms with van der Waals surface area (Å²) in [5.74, 6) is -0.207. The molecule has 1 aromatic rings. The maximum atomic E-state index is 13.6. The Hall–Kier alpha value is -1.26. The normalized spacial score (nSPS) is 14.9. The molecule has 1 N–H and O–H groups in total. The van der Waals surface area contributed by atoms with Crippen LogP contribution in [0.3, 0.4) is 0 Å². The van der Waals surface area contributed by atoms with Crippen LogP contribution in [-0.4, -0.2) is 6.04 Å². The largest absolute Gasteiger partial charge is 0.416 e. The van der Waals surface area contributed by atoms with Gasteiger partial charge in [-0.05, 0) is 37.0 Å². The van der Waals surface area contributed by atoms with E-state index in [1.165, 1.54) is 0 Å². The number of rotatable bonds is 6. The van der Waals surface area contributed by atoms with Gasteiger partial charge in [-0.3, -0.25) is 0 Å². The fourth-order valence-electron chi connectivity index (χ4n) is 2.01. The second-order valence-electron chi connectivity index (χ2n) is 5.19. The Kier molecular flexibility index (Phi) is 5.84. The second kappa shape index (κ2) is 6.95. The summed E-state index contributed by atoms with van der Waals surface area (Å²) < 4.78 is 51.5. The topological polar surface area (TPSA) is 12.0 Å². The van der Waals surface area contributed by atoms with Crippen LogP contribution in [0.25, 0.3) is 0 Å². The number of hydrogen-bond donors (Lipinski definition) is 1. The van der Waals surface area contributed by atoms with Crippen molar-refractivity contribution in [3.63, 3.8) is 0 Å². The molecule has 1 rings (SSSR count). The van der Waals surface area contributed by atoms with Gasteiger partial charge in [-0.2, -0.15) is 13.2 Å². The van der Waals surface area contributed by atoms with E-state index in [-0.39, 0.29) is 11.7 Å². The molecule has 1 nitrogen and oxygen atoms in total. The van der Waals surface area contributed by atoms with Crippen LogP contribution in [-0.2, 0) is 6.18 Å². The third-order valence-electron chi connectivity index (χ3n) is 3.53. The molecule has 0 bridgehead atoms. The van der Waals surface area contributed by atoms with Crippen LogP contribution >= 0.6 is 0 Å². The van der Waals surface area contributed by atoms with Crippen molar-refractivity contribution in [1.82, 2.24) is 0 Å². The summed E-state index contributed by atoms with van der Waals surface area (Å²) >= 11 is 0. The van der Waals surface area contributed by atoms with Crippen molar-refractivity contribution in [2.24, 2.45) is 5.92 Å². The Morgan fingerprint density at radius 3 is 2.30 bits per heavy atom. The van der Waals surface area contributed by atoms with Crippen LogP contribution in [0.15, 0.2) is 18.2 Å². The van der Waals surface area contributed by atoms with Crippen LogP contribution < -0.4 is 5.32 Å². The van der Waals surface area contributed by atoms with E-state index in [9.17, 15) is 17.6 Å². The van der Waals surface area contributed by atoms with Crippen molar-refractivity contribution in [2.45, 2.75) is 52.3 Å². The molecule has 0 amide bonds. The Bertz CT molecular complexity index is 428. The van der Waals surface area contributed by atoms with Gasteiger partial charge < -0.3 is 5.32 Å². The number of hydrogen-bond acceptors (Lipinski definition) is 1. The van der Waals surface area contributed by atoms with E-state index in [1.54, 1.807) is 0 Å². The zero-order chi connectivity index (χ0) is 15.3. The maximum Gasteiger partial charge on any atom is 0.416 e. The summed E-state index contributed by atoms with van der Waals surface area (Å²) in [5.41, 5.74) is -0.908. The van der Waals surface area contributed by atoms with Gasteiger partial charge >= 0.3 is 6.18 Å². The molecule has 0 radical (unpaired) electrons. The fraction of sp³-hybridized carbons (Fsp3) is 0.600. The highest BCUT2D eigenvalue weighted by Gasteiger charge is 2.31. The first kappa shape index (κ1) is 16.8. The predicted octanol–water partition coefficient (Wildman–Crippen LogP) is 5.47. The van der Waals surface area contributed by atoms with E-state index in [1.807, 2.05) is 6.92 Å². The molecule has 0 saturated heterocycles. The molecule has 0 heterocycles. The highest BCUT2D eigenvalue weighted by Crippen LogP contribution is 2.32. The highest BCUT2D eigenvalue weighted by atomic mass is 19.4. The number of nitrogens with one attached hydrogen (secondary N) is 1. The average molecular weight is 291 g/mol. The predicted molar refractivity (Wildman–Crippen MR) is 73.2 cm³/mol. The molecule has 2 atom stereocenters. The molecule has 0 aliphatic carbocycles. The van der Waals surface area contributed by atoms with Crippen molar-refractivity contribution >= 4 is 5.69 Å². The molecule has 20 heavy (non-hydrogen) atoms. The number of halogens is 4. The molecule has 5 heteroatoms. The van der Waals surface area contributed by atoms with Gasteiger partial charge in [-0.25, -0.2) is 4.39 Å². The van der Waals surface area contributed by atoms with Gasteiger partial charge in [0, 0.05) is 6.04 Å². The molecule has 0 aromatic heterocycles. The fourth-order valence-corrected chi connectivity index (χ4v) is 2.01. The minimum Gasteiger partial charge on any atom is -0.380 e. The van der Waals surface area contributed by atoms with E-state index in [0.717, 1.165) is 37.5 Å². The first-order valence-corrected chi connectivity index (χ1v) is 6.91. The highest BCUT2D eigenvalue weighted by molar-refractivity contribution is 5.48. The molecule has 1 aromatic carbocycles. The summed E-state index contributed by atoms with van der Waals surface area (Å²) in [7, 11) is 0. The van der Waals surface area contributed by atoms with E-state index in [2.05, 4.69) is 19.2 Å². The SMILES string of the molecule is CCC(C)CC(CC)Nc1cc(C(F)(F)F)ccc1F. The average Bonchev–Trinajstić information content (AvgIpc) is 2.38. The Morgan fingerprint density at radius 2 is 1.80 bits per heavy atom. The lowest BCUT2D eigenvalue weighted by Crippen LogP contribution is -2.22. The maximum absolute atomic E-state index is 13.6. The summed E-state index contributed by atoms with van der Waals surface area (Å²) in [5, 5.41) is 2.90. The van der Waals surface area contributed by atoms with Crippen molar-refractivity contribution in [1.29, 1.82) is 0 Å². The van der Waals surface area contributed by atoms with Crippen LogP contribution in [0.5, 0.6) is 0 Å². The smallest absolute Gasteiger partial charge is 0.380 e. The van der Waals surface area contributed by atoms with Crippen molar-refractivity contribution < 1.29 is 17.6 Å². The molecule has 0 aliphatic heterocycles. The Balaban J connectivity index is 2.89. The third kappa shape index (κ3) is 4.69. The second-order valence-corrected chi connectivity index (χ2v) is 5.19.